The Labute approximate surface area is 111 Å². The van der Waals surface area contributed by atoms with E-state index in [-0.39, 0.29) is 11.7 Å². The number of amides is 1. The smallest absolute Gasteiger partial charge is 0.293 e. The Hall–Kier alpha value is -1.85. The second-order valence-corrected chi connectivity index (χ2v) is 5.03. The number of hydrogen-bond acceptors (Lipinski definition) is 4. The molecule has 0 aliphatic heterocycles. The van der Waals surface area contributed by atoms with E-state index in [0.29, 0.717) is 10.2 Å². The topological polar surface area (TPSA) is 55.1 Å². The average Bonchev–Trinajstić information content (AvgIpc) is 2.95. The minimum atomic E-state index is -0.315. The van der Waals surface area contributed by atoms with Gasteiger partial charge in [0, 0.05) is 5.02 Å². The van der Waals surface area contributed by atoms with Crippen LogP contribution in [0.15, 0.2) is 41.0 Å². The number of carbonyl (C=O) groups excluding carboxylic acids is 1. The summed E-state index contributed by atoms with van der Waals surface area (Å²) < 4.78 is 5.93. The molecule has 0 bridgehead atoms. The van der Waals surface area contributed by atoms with Gasteiger partial charge in [-0.05, 0) is 30.3 Å². The van der Waals surface area contributed by atoms with Gasteiger partial charge in [-0.1, -0.05) is 22.9 Å². The van der Waals surface area contributed by atoms with Crippen LogP contribution in [-0.4, -0.2) is 10.9 Å². The maximum absolute atomic E-state index is 11.8. The van der Waals surface area contributed by atoms with Crippen LogP contribution >= 0.6 is 22.9 Å². The zero-order chi connectivity index (χ0) is 12.5. The molecule has 0 saturated carbocycles. The molecule has 0 unspecified atom stereocenters. The summed E-state index contributed by atoms with van der Waals surface area (Å²) in [6, 6.07) is 8.65. The number of carbonyl (C=O) groups is 1. The van der Waals surface area contributed by atoms with Crippen LogP contribution in [0.3, 0.4) is 0 Å². The first kappa shape index (κ1) is 11.3. The number of furan rings is 1. The second-order valence-electron chi connectivity index (χ2n) is 3.56. The third-order valence-corrected chi connectivity index (χ3v) is 3.48. The van der Waals surface area contributed by atoms with E-state index in [1.54, 1.807) is 18.2 Å². The average molecular weight is 279 g/mol. The molecule has 2 heterocycles. The van der Waals surface area contributed by atoms with Crippen molar-refractivity contribution in [1.29, 1.82) is 0 Å². The number of halogens is 1. The zero-order valence-corrected chi connectivity index (χ0v) is 10.6. The lowest BCUT2D eigenvalue weighted by Gasteiger charge is -1.96. The summed E-state index contributed by atoms with van der Waals surface area (Å²) in [4.78, 5) is 16.0. The SMILES string of the molecule is O=C(Nc1nc2ccc(Cl)cc2s1)c1ccco1. The molecule has 0 saturated heterocycles. The van der Waals surface area contributed by atoms with Gasteiger partial charge in [0.15, 0.2) is 10.9 Å². The van der Waals surface area contributed by atoms with Crippen LogP contribution < -0.4 is 5.32 Å². The number of rotatable bonds is 2. The van der Waals surface area contributed by atoms with Crippen LogP contribution in [0.2, 0.25) is 5.02 Å². The Bertz CT molecular complexity index is 706. The van der Waals surface area contributed by atoms with E-state index in [9.17, 15) is 4.79 Å². The fourth-order valence-electron chi connectivity index (χ4n) is 1.52. The fourth-order valence-corrected chi connectivity index (χ4v) is 2.66. The van der Waals surface area contributed by atoms with Gasteiger partial charge < -0.3 is 4.42 Å². The van der Waals surface area contributed by atoms with E-state index in [2.05, 4.69) is 10.3 Å². The second kappa shape index (κ2) is 4.44. The molecule has 1 N–H and O–H groups in total. The molecule has 2 aromatic heterocycles. The first-order valence-electron chi connectivity index (χ1n) is 5.13. The predicted molar refractivity (Wildman–Crippen MR) is 71.3 cm³/mol. The number of anilines is 1. The lowest BCUT2D eigenvalue weighted by atomic mass is 10.3. The first-order chi connectivity index (χ1) is 8.72. The zero-order valence-electron chi connectivity index (χ0n) is 9.01. The van der Waals surface area contributed by atoms with Crippen molar-refractivity contribution in [3.63, 3.8) is 0 Å². The Kier molecular flexibility index (Phi) is 2.77. The molecule has 0 aliphatic carbocycles. The van der Waals surface area contributed by atoms with Crippen molar-refractivity contribution in [3.8, 4) is 0 Å². The van der Waals surface area contributed by atoms with Gasteiger partial charge >= 0.3 is 0 Å². The van der Waals surface area contributed by atoms with Gasteiger partial charge in [0.1, 0.15) is 0 Å². The maximum Gasteiger partial charge on any atom is 0.293 e. The Morgan fingerprint density at radius 1 is 1.39 bits per heavy atom. The summed E-state index contributed by atoms with van der Waals surface area (Å²) in [7, 11) is 0. The fraction of sp³-hybridized carbons (Fsp3) is 0. The molecular formula is C12H7ClN2O2S. The van der Waals surface area contributed by atoms with Crippen molar-refractivity contribution in [2.45, 2.75) is 0 Å². The summed E-state index contributed by atoms with van der Waals surface area (Å²) in [5, 5.41) is 3.85. The van der Waals surface area contributed by atoms with Crippen LogP contribution in [0.25, 0.3) is 10.2 Å². The highest BCUT2D eigenvalue weighted by atomic mass is 35.5. The van der Waals surface area contributed by atoms with E-state index in [1.807, 2.05) is 12.1 Å². The molecule has 0 spiro atoms. The summed E-state index contributed by atoms with van der Waals surface area (Å²) in [5.74, 6) is -0.0579. The quantitative estimate of drug-likeness (QED) is 0.776. The van der Waals surface area contributed by atoms with Crippen molar-refractivity contribution in [1.82, 2.24) is 4.98 Å². The first-order valence-corrected chi connectivity index (χ1v) is 6.33. The van der Waals surface area contributed by atoms with E-state index < -0.39 is 0 Å². The number of benzene rings is 1. The van der Waals surface area contributed by atoms with Crippen molar-refractivity contribution in [3.05, 3.63) is 47.4 Å². The number of thiazole rings is 1. The molecule has 3 aromatic rings. The third kappa shape index (κ3) is 2.10. The van der Waals surface area contributed by atoms with Crippen LogP contribution in [0.4, 0.5) is 5.13 Å². The highest BCUT2D eigenvalue weighted by Gasteiger charge is 2.11. The molecule has 0 aliphatic rings. The molecule has 1 amide bonds. The molecule has 4 nitrogen and oxygen atoms in total. The lowest BCUT2D eigenvalue weighted by molar-refractivity contribution is 0.0996. The molecule has 3 rings (SSSR count). The van der Waals surface area contributed by atoms with Crippen molar-refractivity contribution >= 4 is 44.2 Å². The van der Waals surface area contributed by atoms with Crippen LogP contribution in [0.5, 0.6) is 0 Å². The highest BCUT2D eigenvalue weighted by molar-refractivity contribution is 7.22. The Morgan fingerprint density at radius 2 is 2.28 bits per heavy atom. The largest absolute Gasteiger partial charge is 0.459 e. The van der Waals surface area contributed by atoms with Crippen molar-refractivity contribution in [2.24, 2.45) is 0 Å². The van der Waals surface area contributed by atoms with Gasteiger partial charge in [-0.25, -0.2) is 4.98 Å². The summed E-state index contributed by atoms with van der Waals surface area (Å²) in [6.45, 7) is 0. The Balaban J connectivity index is 1.89. The molecule has 0 atom stereocenters. The molecule has 0 radical (unpaired) electrons. The highest BCUT2D eigenvalue weighted by Crippen LogP contribution is 2.28. The van der Waals surface area contributed by atoms with Crippen LogP contribution in [0.1, 0.15) is 10.6 Å². The minimum Gasteiger partial charge on any atom is -0.459 e. The molecule has 90 valence electrons. The minimum absolute atomic E-state index is 0.257. The van der Waals surface area contributed by atoms with E-state index in [0.717, 1.165) is 10.2 Å². The molecule has 1 aromatic carbocycles. The van der Waals surface area contributed by atoms with E-state index in [4.69, 9.17) is 16.0 Å². The number of fused-ring (bicyclic) bond motifs is 1. The standard InChI is InChI=1S/C12H7ClN2O2S/c13-7-3-4-8-10(6-7)18-12(14-8)15-11(16)9-2-1-5-17-9/h1-6H,(H,14,15,16). The van der Waals surface area contributed by atoms with Gasteiger partial charge in [-0.3, -0.25) is 10.1 Å². The normalized spacial score (nSPS) is 10.7. The monoisotopic (exact) mass is 278 g/mol. The third-order valence-electron chi connectivity index (χ3n) is 2.32. The summed E-state index contributed by atoms with van der Waals surface area (Å²) in [6.07, 6.45) is 1.45. The van der Waals surface area contributed by atoms with Crippen molar-refractivity contribution < 1.29 is 9.21 Å². The van der Waals surface area contributed by atoms with Gasteiger partial charge in [0.05, 0.1) is 16.5 Å². The van der Waals surface area contributed by atoms with Gasteiger partial charge in [0.2, 0.25) is 0 Å². The Morgan fingerprint density at radius 3 is 3.06 bits per heavy atom. The summed E-state index contributed by atoms with van der Waals surface area (Å²) >= 11 is 7.26. The van der Waals surface area contributed by atoms with Gasteiger partial charge in [-0.2, -0.15) is 0 Å². The predicted octanol–water partition coefficient (Wildman–Crippen LogP) is 3.80. The van der Waals surface area contributed by atoms with Gasteiger partial charge in [0.25, 0.3) is 5.91 Å². The molecule has 0 fully saturated rings. The number of nitrogens with zero attached hydrogens (tertiary/aromatic N) is 1. The number of nitrogens with one attached hydrogen (secondary N) is 1. The van der Waals surface area contributed by atoms with E-state index in [1.165, 1.54) is 17.6 Å². The lowest BCUT2D eigenvalue weighted by Crippen LogP contribution is -2.10. The van der Waals surface area contributed by atoms with Crippen molar-refractivity contribution in [2.75, 3.05) is 5.32 Å². The van der Waals surface area contributed by atoms with E-state index >= 15 is 0 Å². The van der Waals surface area contributed by atoms with Crippen LogP contribution in [-0.2, 0) is 0 Å². The van der Waals surface area contributed by atoms with Crippen LogP contribution in [0, 0.1) is 0 Å². The summed E-state index contributed by atoms with van der Waals surface area (Å²) in [5.41, 5.74) is 0.805. The maximum atomic E-state index is 11.8. The molecule has 6 heteroatoms. The molecular weight excluding hydrogens is 272 g/mol. The molecule has 18 heavy (non-hydrogen) atoms. The number of hydrogen-bond donors (Lipinski definition) is 1. The number of aromatic nitrogens is 1. The van der Waals surface area contributed by atoms with Gasteiger partial charge in [-0.15, -0.1) is 0 Å².